The molecule has 1 aliphatic carbocycles. The van der Waals surface area contributed by atoms with Crippen LogP contribution in [0.1, 0.15) is 58.8 Å². The Kier molecular flexibility index (Phi) is 6.46. The Balaban J connectivity index is 2.54. The molecule has 3 N–H and O–H groups in total. The largest absolute Gasteiger partial charge is 0.467 e. The molecule has 116 valence electrons. The molecule has 0 aromatic heterocycles. The second-order valence-electron chi connectivity index (χ2n) is 6.37. The number of hydrogen-bond donors (Lipinski definition) is 2. The Hall–Kier alpha value is -1.10. The lowest BCUT2D eigenvalue weighted by atomic mass is 9.80. The molecule has 5 heteroatoms. The van der Waals surface area contributed by atoms with Crippen molar-refractivity contribution in [1.82, 2.24) is 5.32 Å². The SMILES string of the molecule is COC(=O)C(CC(C)C)NC(=O)CC1(N)CCCCC1. The predicted octanol–water partition coefficient (Wildman–Crippen LogP) is 1.74. The van der Waals surface area contributed by atoms with Crippen LogP contribution in [0.15, 0.2) is 0 Å². The zero-order valence-electron chi connectivity index (χ0n) is 12.9. The molecule has 1 fully saturated rings. The molecule has 1 aliphatic rings. The molecule has 0 heterocycles. The van der Waals surface area contributed by atoms with Crippen molar-refractivity contribution in [3.63, 3.8) is 0 Å². The molecule has 1 unspecified atom stereocenters. The summed E-state index contributed by atoms with van der Waals surface area (Å²) in [5, 5.41) is 2.78. The second kappa shape index (κ2) is 7.62. The molecule has 1 amide bonds. The maximum atomic E-state index is 12.1. The van der Waals surface area contributed by atoms with Crippen LogP contribution in [0.25, 0.3) is 0 Å². The van der Waals surface area contributed by atoms with Crippen molar-refractivity contribution >= 4 is 11.9 Å². The minimum atomic E-state index is -0.570. The summed E-state index contributed by atoms with van der Waals surface area (Å²) < 4.78 is 4.74. The molecular weight excluding hydrogens is 256 g/mol. The molecule has 0 aromatic carbocycles. The fourth-order valence-corrected chi connectivity index (χ4v) is 2.83. The Bertz CT molecular complexity index is 336. The first-order valence-electron chi connectivity index (χ1n) is 7.52. The number of nitrogens with two attached hydrogens (primary N) is 1. The van der Waals surface area contributed by atoms with E-state index in [1.165, 1.54) is 13.5 Å². The van der Waals surface area contributed by atoms with E-state index < -0.39 is 11.6 Å². The third kappa shape index (κ3) is 5.49. The fraction of sp³-hybridized carbons (Fsp3) is 0.867. The molecule has 1 rings (SSSR count). The molecule has 0 spiro atoms. The third-order valence-corrected chi connectivity index (χ3v) is 3.89. The van der Waals surface area contributed by atoms with Crippen molar-refractivity contribution in [2.75, 3.05) is 7.11 Å². The van der Waals surface area contributed by atoms with Gasteiger partial charge in [0, 0.05) is 12.0 Å². The summed E-state index contributed by atoms with van der Waals surface area (Å²) >= 11 is 0. The average molecular weight is 284 g/mol. The standard InChI is InChI=1S/C15H28N2O3/c1-11(2)9-12(14(19)20-3)17-13(18)10-15(16)7-5-4-6-8-15/h11-12H,4-10,16H2,1-3H3,(H,17,18). The van der Waals surface area contributed by atoms with E-state index in [9.17, 15) is 9.59 Å². The lowest BCUT2D eigenvalue weighted by molar-refractivity contribution is -0.145. The second-order valence-corrected chi connectivity index (χ2v) is 6.37. The summed E-state index contributed by atoms with van der Waals surface area (Å²) in [7, 11) is 1.34. The quantitative estimate of drug-likeness (QED) is 0.728. The van der Waals surface area contributed by atoms with E-state index in [0.29, 0.717) is 18.8 Å². The van der Waals surface area contributed by atoms with Crippen molar-refractivity contribution < 1.29 is 14.3 Å². The van der Waals surface area contributed by atoms with Gasteiger partial charge in [-0.25, -0.2) is 4.79 Å². The van der Waals surface area contributed by atoms with E-state index in [1.54, 1.807) is 0 Å². The number of carbonyl (C=O) groups excluding carboxylic acids is 2. The minimum absolute atomic E-state index is 0.148. The molecule has 5 nitrogen and oxygen atoms in total. The van der Waals surface area contributed by atoms with Gasteiger partial charge in [0.2, 0.25) is 5.91 Å². The highest BCUT2D eigenvalue weighted by atomic mass is 16.5. The summed E-state index contributed by atoms with van der Waals surface area (Å²) in [5.41, 5.74) is 5.87. The fourth-order valence-electron chi connectivity index (χ4n) is 2.83. The summed E-state index contributed by atoms with van der Waals surface area (Å²) in [6.45, 7) is 4.02. The van der Waals surface area contributed by atoms with Crippen LogP contribution >= 0.6 is 0 Å². The zero-order chi connectivity index (χ0) is 15.2. The number of esters is 1. The molecule has 0 saturated heterocycles. The topological polar surface area (TPSA) is 81.4 Å². The van der Waals surface area contributed by atoms with Crippen LogP contribution in [0.3, 0.4) is 0 Å². The van der Waals surface area contributed by atoms with Gasteiger partial charge in [0.1, 0.15) is 6.04 Å². The minimum Gasteiger partial charge on any atom is -0.467 e. The van der Waals surface area contributed by atoms with E-state index in [0.717, 1.165) is 25.7 Å². The Morgan fingerprint density at radius 2 is 1.85 bits per heavy atom. The molecular formula is C15H28N2O3. The molecule has 0 aromatic rings. The van der Waals surface area contributed by atoms with Gasteiger partial charge in [0.25, 0.3) is 0 Å². The number of nitrogens with one attached hydrogen (secondary N) is 1. The summed E-state index contributed by atoms with van der Waals surface area (Å²) in [6, 6.07) is -0.570. The Labute approximate surface area is 121 Å². The third-order valence-electron chi connectivity index (χ3n) is 3.89. The van der Waals surface area contributed by atoms with Crippen molar-refractivity contribution in [3.05, 3.63) is 0 Å². The maximum Gasteiger partial charge on any atom is 0.328 e. The number of ether oxygens (including phenoxy) is 1. The van der Waals surface area contributed by atoms with Crippen LogP contribution in [0.2, 0.25) is 0 Å². The number of hydrogen-bond acceptors (Lipinski definition) is 4. The first-order valence-corrected chi connectivity index (χ1v) is 7.52. The molecule has 1 atom stereocenters. The number of amides is 1. The van der Waals surface area contributed by atoms with Gasteiger partial charge < -0.3 is 15.8 Å². The molecule has 0 radical (unpaired) electrons. The summed E-state index contributed by atoms with van der Waals surface area (Å²) in [6.07, 6.45) is 5.99. The van der Waals surface area contributed by atoms with Gasteiger partial charge in [-0.15, -0.1) is 0 Å². The monoisotopic (exact) mass is 284 g/mol. The highest BCUT2D eigenvalue weighted by Crippen LogP contribution is 2.28. The number of methoxy groups -OCH3 is 1. The van der Waals surface area contributed by atoms with Crippen LogP contribution in [0.5, 0.6) is 0 Å². The van der Waals surface area contributed by atoms with Crippen molar-refractivity contribution in [3.8, 4) is 0 Å². The van der Waals surface area contributed by atoms with E-state index in [-0.39, 0.29) is 11.9 Å². The molecule has 0 aliphatic heterocycles. The van der Waals surface area contributed by atoms with Gasteiger partial charge in [-0.2, -0.15) is 0 Å². The van der Waals surface area contributed by atoms with E-state index in [2.05, 4.69) is 5.32 Å². The van der Waals surface area contributed by atoms with Crippen LogP contribution < -0.4 is 11.1 Å². The summed E-state index contributed by atoms with van der Waals surface area (Å²) in [4.78, 5) is 23.8. The average Bonchev–Trinajstić information content (AvgIpc) is 2.36. The number of rotatable bonds is 6. The van der Waals surface area contributed by atoms with E-state index in [4.69, 9.17) is 10.5 Å². The van der Waals surface area contributed by atoms with Crippen LogP contribution in [-0.4, -0.2) is 30.6 Å². The lowest BCUT2D eigenvalue weighted by Gasteiger charge is -2.33. The maximum absolute atomic E-state index is 12.1. The van der Waals surface area contributed by atoms with Crippen molar-refractivity contribution in [1.29, 1.82) is 0 Å². The highest BCUT2D eigenvalue weighted by molar-refractivity contribution is 5.85. The van der Waals surface area contributed by atoms with E-state index >= 15 is 0 Å². The summed E-state index contributed by atoms with van der Waals surface area (Å²) in [5.74, 6) is -0.229. The number of carbonyl (C=O) groups is 2. The van der Waals surface area contributed by atoms with Crippen molar-refractivity contribution in [2.24, 2.45) is 11.7 Å². The predicted molar refractivity (Wildman–Crippen MR) is 78.0 cm³/mol. The first kappa shape index (κ1) is 17.0. The molecule has 20 heavy (non-hydrogen) atoms. The van der Waals surface area contributed by atoms with Crippen LogP contribution in [0.4, 0.5) is 0 Å². The molecule has 0 bridgehead atoms. The van der Waals surface area contributed by atoms with Gasteiger partial charge in [-0.3, -0.25) is 4.79 Å². The normalized spacial score (nSPS) is 19.4. The van der Waals surface area contributed by atoms with Crippen LogP contribution in [-0.2, 0) is 14.3 Å². The van der Waals surface area contributed by atoms with Gasteiger partial charge >= 0.3 is 5.97 Å². The van der Waals surface area contributed by atoms with Crippen LogP contribution in [0, 0.1) is 5.92 Å². The van der Waals surface area contributed by atoms with E-state index in [1.807, 2.05) is 13.8 Å². The lowest BCUT2D eigenvalue weighted by Crippen LogP contribution is -2.49. The first-order chi connectivity index (χ1) is 9.36. The van der Waals surface area contributed by atoms with Gasteiger partial charge in [-0.1, -0.05) is 33.1 Å². The Morgan fingerprint density at radius 3 is 2.35 bits per heavy atom. The molecule has 1 saturated carbocycles. The van der Waals surface area contributed by atoms with Gasteiger partial charge in [0.15, 0.2) is 0 Å². The zero-order valence-corrected chi connectivity index (χ0v) is 12.9. The van der Waals surface area contributed by atoms with Gasteiger partial charge in [-0.05, 0) is 25.2 Å². The Morgan fingerprint density at radius 1 is 1.25 bits per heavy atom. The van der Waals surface area contributed by atoms with Gasteiger partial charge in [0.05, 0.1) is 7.11 Å². The van der Waals surface area contributed by atoms with Crippen molar-refractivity contribution in [2.45, 2.75) is 70.4 Å². The highest BCUT2D eigenvalue weighted by Gasteiger charge is 2.31. The smallest absolute Gasteiger partial charge is 0.328 e.